The minimum atomic E-state index is 0.775. The molecule has 0 fully saturated rings. The van der Waals surface area contributed by atoms with Crippen LogP contribution < -0.4 is 4.74 Å². The van der Waals surface area contributed by atoms with E-state index in [0.29, 0.717) is 0 Å². The third kappa shape index (κ3) is 2.78. The molecule has 0 saturated carbocycles. The molecule has 122 valence electrons. The van der Waals surface area contributed by atoms with Crippen LogP contribution in [0.4, 0.5) is 0 Å². The molecule has 1 heterocycles. The first-order valence-electron chi connectivity index (χ1n) is 8.08. The Hall–Kier alpha value is -3.40. The zero-order valence-electron chi connectivity index (χ0n) is 13.8. The van der Waals surface area contributed by atoms with Crippen LogP contribution in [-0.2, 0) is 0 Å². The van der Waals surface area contributed by atoms with Gasteiger partial charge in [0.2, 0.25) is 0 Å². The normalized spacial score (nSPS) is 10.6. The molecule has 0 atom stereocenters. The Bertz CT molecular complexity index is 921. The van der Waals surface area contributed by atoms with Crippen molar-refractivity contribution in [1.82, 2.24) is 14.8 Å². The van der Waals surface area contributed by atoms with Crippen LogP contribution in [0.2, 0.25) is 0 Å². The average Bonchev–Trinajstić information content (AvgIpc) is 3.14. The summed E-state index contributed by atoms with van der Waals surface area (Å²) in [6.07, 6.45) is 0. The number of hydrogen-bond acceptors (Lipinski definition) is 3. The van der Waals surface area contributed by atoms with Crippen molar-refractivity contribution < 1.29 is 4.74 Å². The molecule has 1 aromatic heterocycles. The number of hydrogen-bond donors (Lipinski definition) is 0. The lowest BCUT2D eigenvalue weighted by Crippen LogP contribution is -2.02. The number of ether oxygens (including phenoxy) is 1. The van der Waals surface area contributed by atoms with E-state index >= 15 is 0 Å². The van der Waals surface area contributed by atoms with E-state index in [9.17, 15) is 0 Å². The van der Waals surface area contributed by atoms with E-state index in [1.807, 2.05) is 89.5 Å². The minimum Gasteiger partial charge on any atom is -0.495 e. The van der Waals surface area contributed by atoms with Crippen molar-refractivity contribution in [3.05, 3.63) is 84.9 Å². The van der Waals surface area contributed by atoms with Crippen molar-refractivity contribution in [2.24, 2.45) is 0 Å². The molecule has 0 unspecified atom stereocenters. The van der Waals surface area contributed by atoms with Crippen molar-refractivity contribution in [3.8, 4) is 34.2 Å². The lowest BCUT2D eigenvalue weighted by Gasteiger charge is -2.14. The van der Waals surface area contributed by atoms with Gasteiger partial charge in [-0.3, -0.25) is 4.57 Å². The van der Waals surface area contributed by atoms with E-state index in [-0.39, 0.29) is 0 Å². The predicted molar refractivity (Wildman–Crippen MR) is 98.8 cm³/mol. The number of methoxy groups -OCH3 is 1. The molecule has 0 spiro atoms. The molecular weight excluding hydrogens is 310 g/mol. The molecule has 4 heteroatoms. The summed E-state index contributed by atoms with van der Waals surface area (Å²) in [4.78, 5) is 0. The summed E-state index contributed by atoms with van der Waals surface area (Å²) in [6.45, 7) is 0. The molecule has 4 rings (SSSR count). The second-order valence-corrected chi connectivity index (χ2v) is 5.59. The molecule has 0 radical (unpaired) electrons. The van der Waals surface area contributed by atoms with E-state index in [1.165, 1.54) is 0 Å². The van der Waals surface area contributed by atoms with Gasteiger partial charge in [0, 0.05) is 11.1 Å². The van der Waals surface area contributed by atoms with Gasteiger partial charge in [-0.1, -0.05) is 72.8 Å². The van der Waals surface area contributed by atoms with Crippen LogP contribution in [0, 0.1) is 0 Å². The van der Waals surface area contributed by atoms with Gasteiger partial charge in [0.15, 0.2) is 11.6 Å². The summed E-state index contributed by atoms with van der Waals surface area (Å²) in [5.74, 6) is 2.34. The fourth-order valence-corrected chi connectivity index (χ4v) is 2.88. The Morgan fingerprint density at radius 1 is 0.640 bits per heavy atom. The fraction of sp³-hybridized carbons (Fsp3) is 0.0476. The standard InChI is InChI=1S/C21H17N3O/c1-25-19-15-9-8-14-18(19)24-20(16-10-4-2-5-11-16)22-23-21(24)17-12-6-3-7-13-17/h2-15H,1H3. The van der Waals surface area contributed by atoms with Crippen LogP contribution in [0.3, 0.4) is 0 Å². The molecule has 4 nitrogen and oxygen atoms in total. The third-order valence-corrected chi connectivity index (χ3v) is 4.05. The molecule has 0 N–H and O–H groups in total. The van der Waals surface area contributed by atoms with Gasteiger partial charge in [-0.15, -0.1) is 10.2 Å². The van der Waals surface area contributed by atoms with Crippen LogP contribution in [-0.4, -0.2) is 21.9 Å². The second kappa shape index (κ2) is 6.61. The summed E-state index contributed by atoms with van der Waals surface area (Å²) in [7, 11) is 1.67. The highest BCUT2D eigenvalue weighted by atomic mass is 16.5. The van der Waals surface area contributed by atoms with Gasteiger partial charge in [-0.2, -0.15) is 0 Å². The predicted octanol–water partition coefficient (Wildman–Crippen LogP) is 4.61. The van der Waals surface area contributed by atoms with Crippen molar-refractivity contribution >= 4 is 0 Å². The first kappa shape index (κ1) is 15.1. The van der Waals surface area contributed by atoms with E-state index in [1.54, 1.807) is 7.11 Å². The molecule has 0 amide bonds. The average molecular weight is 327 g/mol. The summed E-state index contributed by atoms with van der Waals surface area (Å²) in [6, 6.07) is 28.0. The second-order valence-electron chi connectivity index (χ2n) is 5.59. The van der Waals surface area contributed by atoms with Crippen molar-refractivity contribution in [2.45, 2.75) is 0 Å². The zero-order chi connectivity index (χ0) is 17.1. The SMILES string of the molecule is COc1ccccc1-n1c(-c2ccccc2)nnc1-c1ccccc1. The van der Waals surface area contributed by atoms with Gasteiger partial charge in [-0.25, -0.2) is 0 Å². The Morgan fingerprint density at radius 3 is 1.64 bits per heavy atom. The molecule has 0 bridgehead atoms. The number of aromatic nitrogens is 3. The highest BCUT2D eigenvalue weighted by Crippen LogP contribution is 2.32. The smallest absolute Gasteiger partial charge is 0.168 e. The number of nitrogens with zero attached hydrogens (tertiary/aromatic N) is 3. The third-order valence-electron chi connectivity index (χ3n) is 4.05. The molecule has 0 aliphatic rings. The van der Waals surface area contributed by atoms with E-state index in [4.69, 9.17) is 4.74 Å². The van der Waals surface area contributed by atoms with Crippen LogP contribution in [0.15, 0.2) is 84.9 Å². The Labute approximate surface area is 146 Å². The van der Waals surface area contributed by atoms with E-state index in [0.717, 1.165) is 34.2 Å². The summed E-state index contributed by atoms with van der Waals surface area (Å²) < 4.78 is 7.62. The van der Waals surface area contributed by atoms with Crippen LogP contribution in [0.5, 0.6) is 5.75 Å². The highest BCUT2D eigenvalue weighted by molar-refractivity contribution is 5.68. The first-order chi connectivity index (χ1) is 12.4. The van der Waals surface area contributed by atoms with Gasteiger partial charge in [-0.05, 0) is 12.1 Å². The quantitative estimate of drug-likeness (QED) is 0.549. The van der Waals surface area contributed by atoms with Crippen molar-refractivity contribution in [1.29, 1.82) is 0 Å². The van der Waals surface area contributed by atoms with E-state index < -0.39 is 0 Å². The van der Waals surface area contributed by atoms with E-state index in [2.05, 4.69) is 10.2 Å². The molecule has 4 aromatic rings. The van der Waals surface area contributed by atoms with Crippen molar-refractivity contribution in [3.63, 3.8) is 0 Å². The van der Waals surface area contributed by atoms with Crippen molar-refractivity contribution in [2.75, 3.05) is 7.11 Å². The molecule has 25 heavy (non-hydrogen) atoms. The molecule has 3 aromatic carbocycles. The molecular formula is C21H17N3O. The fourth-order valence-electron chi connectivity index (χ4n) is 2.88. The monoisotopic (exact) mass is 327 g/mol. The van der Waals surface area contributed by atoms with Crippen LogP contribution in [0.25, 0.3) is 28.5 Å². The van der Waals surface area contributed by atoms with Gasteiger partial charge < -0.3 is 4.74 Å². The van der Waals surface area contributed by atoms with Gasteiger partial charge >= 0.3 is 0 Å². The van der Waals surface area contributed by atoms with Gasteiger partial charge in [0.05, 0.1) is 12.8 Å². The molecule has 0 aliphatic carbocycles. The summed E-state index contributed by atoms with van der Waals surface area (Å²) in [5.41, 5.74) is 2.92. The number of para-hydroxylation sites is 2. The number of benzene rings is 3. The Balaban J connectivity index is 2.01. The topological polar surface area (TPSA) is 39.9 Å². The summed E-state index contributed by atoms with van der Waals surface area (Å²) >= 11 is 0. The maximum Gasteiger partial charge on any atom is 0.168 e. The first-order valence-corrected chi connectivity index (χ1v) is 8.08. The largest absolute Gasteiger partial charge is 0.495 e. The summed E-state index contributed by atoms with van der Waals surface area (Å²) in [5, 5.41) is 8.94. The Morgan fingerprint density at radius 2 is 1.12 bits per heavy atom. The maximum atomic E-state index is 5.57. The Kier molecular flexibility index (Phi) is 4.01. The lowest BCUT2D eigenvalue weighted by atomic mass is 10.1. The highest BCUT2D eigenvalue weighted by Gasteiger charge is 2.19. The van der Waals surface area contributed by atoms with Gasteiger partial charge in [0.25, 0.3) is 0 Å². The minimum absolute atomic E-state index is 0.775. The molecule has 0 saturated heterocycles. The molecule has 0 aliphatic heterocycles. The number of rotatable bonds is 4. The van der Waals surface area contributed by atoms with Crippen LogP contribution in [0.1, 0.15) is 0 Å². The van der Waals surface area contributed by atoms with Gasteiger partial charge in [0.1, 0.15) is 5.75 Å². The maximum absolute atomic E-state index is 5.57. The zero-order valence-corrected chi connectivity index (χ0v) is 13.8. The lowest BCUT2D eigenvalue weighted by molar-refractivity contribution is 0.413. The van der Waals surface area contributed by atoms with Crippen LogP contribution >= 0.6 is 0 Å².